The number of hydrogen-bond acceptors (Lipinski definition) is 11. The number of rotatable bonds is 9. The van der Waals surface area contributed by atoms with Crippen molar-refractivity contribution in [2.24, 2.45) is 7.05 Å². The molecule has 2 aliphatic rings. The second-order valence-electron chi connectivity index (χ2n) is 9.42. The topological polar surface area (TPSA) is 212 Å². The maximum atomic E-state index is 13.5. The average Bonchev–Trinajstić information content (AvgIpc) is 3.37. The number of fused-ring (bicyclic) bond motifs is 1. The van der Waals surface area contributed by atoms with Gasteiger partial charge in [-0.2, -0.15) is 0 Å². The molecule has 0 aliphatic carbocycles. The Bertz CT molecular complexity index is 1680. The molecule has 220 valence electrons. The summed E-state index contributed by atoms with van der Waals surface area (Å²) >= 11 is 2.52. The minimum absolute atomic E-state index is 0. The number of aromatic hydroxyl groups is 1. The Kier molecular flexibility index (Phi) is 10.0. The molecule has 0 spiro atoms. The molecule has 1 aromatic carbocycles. The Hall–Kier alpha value is -3.64. The van der Waals surface area contributed by atoms with E-state index in [2.05, 4.69) is 31.1 Å². The molecule has 18 heteroatoms. The van der Waals surface area contributed by atoms with E-state index in [0.717, 1.165) is 4.90 Å². The zero-order valence-electron chi connectivity index (χ0n) is 24.1. The fourth-order valence-electron chi connectivity index (χ4n) is 4.45. The van der Waals surface area contributed by atoms with Crippen molar-refractivity contribution in [3.8, 4) is 5.75 Å². The fraction of sp³-hybridized carbons (Fsp3) is 0.280. The van der Waals surface area contributed by atoms with Crippen LogP contribution in [0.25, 0.3) is 0 Å². The minimum atomic E-state index is -1.34. The normalized spacial score (nSPS) is 18.2. The maximum Gasteiger partial charge on any atom is 1.00 e. The minimum Gasteiger partial charge on any atom is -1.00 e. The van der Waals surface area contributed by atoms with Gasteiger partial charge in [0.15, 0.2) is 5.43 Å². The largest absolute Gasteiger partial charge is 1.00 e. The molecular weight excluding hydrogens is 611 g/mol. The summed E-state index contributed by atoms with van der Waals surface area (Å²) in [4.78, 5) is 68.1. The van der Waals surface area contributed by atoms with E-state index in [9.17, 15) is 34.2 Å². The number of carboxylic acid groups (broad SMARTS) is 1. The number of tetrazole rings is 1. The Morgan fingerprint density at radius 2 is 1.98 bits per heavy atom. The van der Waals surface area contributed by atoms with Gasteiger partial charge in [0.2, 0.25) is 11.1 Å². The van der Waals surface area contributed by atoms with Crippen LogP contribution < -0.4 is 45.6 Å². The number of aliphatic carboxylic acids is 1. The number of aromatic nitrogens is 5. The van der Waals surface area contributed by atoms with Gasteiger partial charge >= 0.3 is 35.5 Å². The van der Waals surface area contributed by atoms with Crippen molar-refractivity contribution in [3.63, 3.8) is 0 Å². The van der Waals surface area contributed by atoms with Crippen molar-refractivity contribution in [2.45, 2.75) is 29.5 Å². The van der Waals surface area contributed by atoms with Gasteiger partial charge in [-0.25, -0.2) is 9.48 Å². The quantitative estimate of drug-likeness (QED) is 0.0905. The molecule has 1 fully saturated rings. The third-order valence-corrected chi connectivity index (χ3v) is 9.01. The zero-order chi connectivity index (χ0) is 30.1. The molecule has 2 aliphatic heterocycles. The van der Waals surface area contributed by atoms with E-state index in [1.807, 2.05) is 0 Å². The van der Waals surface area contributed by atoms with Crippen molar-refractivity contribution in [1.82, 2.24) is 40.7 Å². The van der Waals surface area contributed by atoms with Gasteiger partial charge in [0.25, 0.3) is 11.8 Å². The summed E-state index contributed by atoms with van der Waals surface area (Å²) in [6.45, 7) is 1.65. The number of nitrogens with one attached hydrogen (secondary N) is 3. The number of aryl methyl sites for hydroxylation is 2. The SMILES string of the molecule is Cc1cc(=O)c(C(=O)NC(C(=O)N[C@@H]2C(=O)N3C(C(=O)O)=C(CSc4nnnn4C)CS[C@H]23)c2ccc(O)cc2)c[nH]1.[H-].[Na+]. The predicted molar refractivity (Wildman–Crippen MR) is 150 cm³/mol. The van der Waals surface area contributed by atoms with Crippen LogP contribution in [0.2, 0.25) is 0 Å². The number of carboxylic acids is 1. The number of phenolic OH excluding ortho intramolecular Hbond substituents is 1. The first-order chi connectivity index (χ1) is 20.0. The van der Waals surface area contributed by atoms with Gasteiger partial charge in [0.1, 0.15) is 34.5 Å². The number of nitrogens with zero attached hydrogens (tertiary/aromatic N) is 5. The number of amides is 3. The van der Waals surface area contributed by atoms with Gasteiger partial charge in [-0.15, -0.1) is 16.9 Å². The monoisotopic (exact) mass is 636 g/mol. The zero-order valence-corrected chi connectivity index (χ0v) is 26.7. The fourth-order valence-corrected chi connectivity index (χ4v) is 6.79. The van der Waals surface area contributed by atoms with Crippen molar-refractivity contribution in [2.75, 3.05) is 11.5 Å². The summed E-state index contributed by atoms with van der Waals surface area (Å²) in [6.07, 6.45) is 1.24. The van der Waals surface area contributed by atoms with Crippen LogP contribution in [0.4, 0.5) is 0 Å². The summed E-state index contributed by atoms with van der Waals surface area (Å²) in [5, 5.41) is 35.8. The summed E-state index contributed by atoms with van der Waals surface area (Å²) < 4.78 is 1.45. The smallest absolute Gasteiger partial charge is 1.00 e. The second-order valence-corrected chi connectivity index (χ2v) is 11.5. The van der Waals surface area contributed by atoms with Gasteiger partial charge in [0.05, 0.1) is 0 Å². The van der Waals surface area contributed by atoms with E-state index >= 15 is 0 Å². The molecular formula is C25H25N8NaO7S2. The molecule has 43 heavy (non-hydrogen) atoms. The number of pyridine rings is 1. The van der Waals surface area contributed by atoms with Gasteiger partial charge in [-0.1, -0.05) is 23.9 Å². The van der Waals surface area contributed by atoms with Gasteiger partial charge in [0, 0.05) is 36.5 Å². The number of β-lactam (4-membered cyclic amide) rings is 1. The van der Waals surface area contributed by atoms with Crippen molar-refractivity contribution in [3.05, 3.63) is 74.8 Å². The van der Waals surface area contributed by atoms with Crippen LogP contribution >= 0.6 is 23.5 Å². The molecule has 2 aromatic heterocycles. The molecule has 4 heterocycles. The summed E-state index contributed by atoms with van der Waals surface area (Å²) in [5.74, 6) is -3.02. The molecule has 3 atom stereocenters. The summed E-state index contributed by atoms with van der Waals surface area (Å²) in [7, 11) is 1.65. The first kappa shape index (κ1) is 32.3. The Morgan fingerprint density at radius 3 is 2.60 bits per heavy atom. The van der Waals surface area contributed by atoms with Gasteiger partial charge in [-0.3, -0.25) is 24.1 Å². The molecule has 3 aromatic rings. The number of benzene rings is 1. The van der Waals surface area contributed by atoms with E-state index in [-0.39, 0.29) is 65.1 Å². The van der Waals surface area contributed by atoms with Crippen molar-refractivity contribution >= 4 is 47.2 Å². The summed E-state index contributed by atoms with van der Waals surface area (Å²) in [6, 6.07) is 4.35. The molecule has 5 N–H and O–H groups in total. The first-order valence-electron chi connectivity index (χ1n) is 12.4. The van der Waals surface area contributed by atoms with Gasteiger partial charge in [-0.05, 0) is 40.6 Å². The molecule has 1 saturated heterocycles. The van der Waals surface area contributed by atoms with E-state index in [0.29, 0.717) is 16.4 Å². The second kappa shape index (κ2) is 13.3. The van der Waals surface area contributed by atoms with E-state index in [4.69, 9.17) is 0 Å². The van der Waals surface area contributed by atoms with Crippen molar-refractivity contribution < 1.29 is 60.4 Å². The molecule has 5 rings (SSSR count). The number of H-pyrrole nitrogens is 1. The Labute approximate surface area is 275 Å². The number of carbonyl (C=O) groups is 4. The average molecular weight is 637 g/mol. The van der Waals surface area contributed by atoms with E-state index in [1.54, 1.807) is 14.0 Å². The molecule has 15 nitrogen and oxygen atoms in total. The van der Waals surface area contributed by atoms with Crippen LogP contribution in [-0.4, -0.2) is 86.9 Å². The van der Waals surface area contributed by atoms with Crippen LogP contribution in [0.15, 0.2) is 57.7 Å². The summed E-state index contributed by atoms with van der Waals surface area (Å²) in [5.41, 5.74) is 0.417. The third-order valence-electron chi connectivity index (χ3n) is 6.57. The van der Waals surface area contributed by atoms with Crippen LogP contribution in [0.3, 0.4) is 0 Å². The predicted octanol–water partition coefficient (Wildman–Crippen LogP) is -2.97. The maximum absolute atomic E-state index is 13.5. The third kappa shape index (κ3) is 6.65. The number of phenols is 1. The number of thioether (sulfide) groups is 2. The number of carbonyl (C=O) groups excluding carboxylic acids is 3. The van der Waals surface area contributed by atoms with Crippen LogP contribution in [0.1, 0.15) is 29.1 Å². The Balaban J connectivity index is 0.00000264. The first-order valence-corrected chi connectivity index (χ1v) is 14.4. The molecule has 0 bridgehead atoms. The molecule has 1 unspecified atom stereocenters. The van der Waals surface area contributed by atoms with Crippen molar-refractivity contribution in [1.29, 1.82) is 0 Å². The van der Waals surface area contributed by atoms with E-state index < -0.39 is 46.6 Å². The molecule has 3 amide bonds. The van der Waals surface area contributed by atoms with Gasteiger partial charge < -0.3 is 27.3 Å². The van der Waals surface area contributed by atoms with Crippen LogP contribution in [0, 0.1) is 6.92 Å². The van der Waals surface area contributed by atoms with Crippen LogP contribution in [0.5, 0.6) is 5.75 Å². The number of hydrogen-bond donors (Lipinski definition) is 5. The Morgan fingerprint density at radius 1 is 1.26 bits per heavy atom. The standard InChI is InChI=1S/C25H24N8O7S2.Na.H/c1-11-7-16(35)15(8-26-11)20(36)27-17(12-3-5-14(34)6-4-12)21(37)28-18-22(38)33-19(24(39)40)13(9-41-23(18)33)10-42-25-29-30-31-32(25)2;;/h3-8,17-18,23,34H,9-10H2,1-2H3,(H,26,35)(H,27,36)(H,28,37)(H,39,40);;/q;+1;-1/t17?,18-,23-;;/m1../s1. The van der Waals surface area contributed by atoms with E-state index in [1.165, 1.54) is 64.7 Å². The number of aromatic amines is 1. The van der Waals surface area contributed by atoms with Crippen LogP contribution in [-0.2, 0) is 21.4 Å². The molecule has 0 radical (unpaired) electrons. The molecule has 0 saturated carbocycles.